The molecular weight excluding hydrogens is 396 g/mol. The van der Waals surface area contributed by atoms with E-state index in [1.165, 1.54) is 10.5 Å². The van der Waals surface area contributed by atoms with Crippen molar-refractivity contribution in [2.75, 3.05) is 19.4 Å². The van der Waals surface area contributed by atoms with E-state index in [0.29, 0.717) is 26.0 Å². The number of hydrogen-bond donors (Lipinski definition) is 1. The number of thioether (sulfide) groups is 1. The Kier molecular flexibility index (Phi) is 8.39. The fraction of sp³-hybridized carbons (Fsp3) is 0.333. The van der Waals surface area contributed by atoms with Crippen LogP contribution in [0, 0.1) is 0 Å². The largest absolute Gasteiger partial charge is 0.494 e. The van der Waals surface area contributed by atoms with Crippen molar-refractivity contribution in [3.05, 3.63) is 65.9 Å². The molecule has 0 atom stereocenters. The summed E-state index contributed by atoms with van der Waals surface area (Å²) in [5.74, 6) is 1.64. The van der Waals surface area contributed by atoms with Crippen LogP contribution in [0.25, 0.3) is 11.3 Å². The molecule has 3 aromatic rings. The average molecular weight is 425 g/mol. The summed E-state index contributed by atoms with van der Waals surface area (Å²) in [7, 11) is 0. The smallest absolute Gasteiger partial charge is 0.220 e. The van der Waals surface area contributed by atoms with Crippen molar-refractivity contribution in [3.63, 3.8) is 0 Å². The Morgan fingerprint density at radius 2 is 1.87 bits per heavy atom. The number of nitrogens with one attached hydrogen (secondary N) is 1. The van der Waals surface area contributed by atoms with Gasteiger partial charge >= 0.3 is 0 Å². The molecule has 1 amide bonds. The van der Waals surface area contributed by atoms with Crippen molar-refractivity contribution in [2.24, 2.45) is 0 Å². The Balaban J connectivity index is 1.37. The highest BCUT2D eigenvalue weighted by atomic mass is 32.2. The van der Waals surface area contributed by atoms with Crippen LogP contribution in [0.5, 0.6) is 5.75 Å². The Morgan fingerprint density at radius 3 is 2.57 bits per heavy atom. The first-order chi connectivity index (χ1) is 14.7. The third-order valence-electron chi connectivity index (χ3n) is 4.74. The third kappa shape index (κ3) is 6.66. The Morgan fingerprint density at radius 1 is 1.10 bits per heavy atom. The third-order valence-corrected chi connectivity index (χ3v) is 5.48. The second kappa shape index (κ2) is 11.5. The summed E-state index contributed by atoms with van der Waals surface area (Å²) in [5, 5.41) is 7.12. The summed E-state index contributed by atoms with van der Waals surface area (Å²) in [6.45, 7) is 3.26. The molecule has 0 aliphatic rings. The van der Waals surface area contributed by atoms with Crippen LogP contribution >= 0.6 is 11.8 Å². The van der Waals surface area contributed by atoms with Gasteiger partial charge in [-0.1, -0.05) is 17.3 Å². The molecule has 0 fully saturated rings. The van der Waals surface area contributed by atoms with Crippen LogP contribution in [0.4, 0.5) is 0 Å². The minimum absolute atomic E-state index is 0.0750. The highest BCUT2D eigenvalue weighted by molar-refractivity contribution is 7.98. The first-order valence-corrected chi connectivity index (χ1v) is 11.5. The summed E-state index contributed by atoms with van der Waals surface area (Å²) in [6, 6.07) is 18.1. The molecule has 0 bridgehead atoms. The number of amides is 1. The number of rotatable bonds is 11. The maximum atomic E-state index is 12.1. The van der Waals surface area contributed by atoms with E-state index in [0.717, 1.165) is 35.6 Å². The van der Waals surface area contributed by atoms with Gasteiger partial charge in [0.15, 0.2) is 5.76 Å². The van der Waals surface area contributed by atoms with Crippen LogP contribution in [0.3, 0.4) is 0 Å². The number of hydrogen-bond acceptors (Lipinski definition) is 5. The number of aromatic nitrogens is 1. The summed E-state index contributed by atoms with van der Waals surface area (Å²) in [5.41, 5.74) is 3.05. The molecule has 0 aliphatic heterocycles. The molecule has 5 nitrogen and oxygen atoms in total. The van der Waals surface area contributed by atoms with Gasteiger partial charge in [-0.15, -0.1) is 11.8 Å². The molecule has 1 heterocycles. The molecule has 0 saturated carbocycles. The summed E-state index contributed by atoms with van der Waals surface area (Å²) in [4.78, 5) is 13.3. The standard InChI is InChI=1S/C24H28N2O3S/c1-3-28-21-11-9-19(10-12-21)23-17-20(26-29-23)5-4-6-24(27)25-16-15-18-7-13-22(30-2)14-8-18/h7-14,17H,3-6,15-16H2,1-2H3,(H,25,27). The fourth-order valence-corrected chi connectivity index (χ4v) is 3.51. The molecule has 0 saturated heterocycles. The van der Waals surface area contributed by atoms with Crippen molar-refractivity contribution in [1.29, 1.82) is 0 Å². The second-order valence-electron chi connectivity index (χ2n) is 6.94. The molecule has 2 aromatic carbocycles. The molecule has 6 heteroatoms. The van der Waals surface area contributed by atoms with E-state index in [1.807, 2.05) is 37.3 Å². The molecular formula is C24H28N2O3S. The summed E-state index contributed by atoms with van der Waals surface area (Å²) >= 11 is 1.73. The van der Waals surface area contributed by atoms with Gasteiger partial charge in [0, 0.05) is 29.5 Å². The molecule has 0 radical (unpaired) electrons. The van der Waals surface area contributed by atoms with E-state index in [4.69, 9.17) is 9.26 Å². The van der Waals surface area contributed by atoms with Crippen LogP contribution in [-0.4, -0.2) is 30.5 Å². The maximum absolute atomic E-state index is 12.1. The monoisotopic (exact) mass is 424 g/mol. The van der Waals surface area contributed by atoms with E-state index in [1.54, 1.807) is 11.8 Å². The zero-order valence-electron chi connectivity index (χ0n) is 17.5. The van der Waals surface area contributed by atoms with E-state index in [2.05, 4.69) is 41.0 Å². The van der Waals surface area contributed by atoms with E-state index >= 15 is 0 Å². The fourth-order valence-electron chi connectivity index (χ4n) is 3.10. The highest BCUT2D eigenvalue weighted by Crippen LogP contribution is 2.23. The lowest BCUT2D eigenvalue weighted by molar-refractivity contribution is -0.121. The molecule has 1 N–H and O–H groups in total. The Bertz CT molecular complexity index is 920. The van der Waals surface area contributed by atoms with E-state index in [9.17, 15) is 4.79 Å². The van der Waals surface area contributed by atoms with Crippen molar-refractivity contribution < 1.29 is 14.1 Å². The van der Waals surface area contributed by atoms with Gasteiger partial charge in [0.1, 0.15) is 5.75 Å². The molecule has 158 valence electrons. The first-order valence-electron chi connectivity index (χ1n) is 10.3. The second-order valence-corrected chi connectivity index (χ2v) is 7.82. The number of benzene rings is 2. The van der Waals surface area contributed by atoms with E-state index in [-0.39, 0.29) is 5.91 Å². The number of carbonyl (C=O) groups is 1. The lowest BCUT2D eigenvalue weighted by Gasteiger charge is -2.05. The Labute approximate surface area is 182 Å². The average Bonchev–Trinajstić information content (AvgIpc) is 3.24. The zero-order chi connectivity index (χ0) is 21.2. The van der Waals surface area contributed by atoms with E-state index < -0.39 is 0 Å². The van der Waals surface area contributed by atoms with Crippen LogP contribution in [0.2, 0.25) is 0 Å². The van der Waals surface area contributed by atoms with Crippen LogP contribution in [0.1, 0.15) is 31.0 Å². The van der Waals surface area contributed by atoms with Gasteiger partial charge in [-0.25, -0.2) is 0 Å². The topological polar surface area (TPSA) is 64.4 Å². The van der Waals surface area contributed by atoms with Crippen molar-refractivity contribution in [1.82, 2.24) is 10.5 Å². The predicted octanol–water partition coefficient (Wildman–Crippen LogP) is 5.14. The number of nitrogens with zero attached hydrogens (tertiary/aromatic N) is 1. The summed E-state index contributed by atoms with van der Waals surface area (Å²) in [6.07, 6.45) is 4.84. The maximum Gasteiger partial charge on any atom is 0.220 e. The van der Waals surface area contributed by atoms with Crippen LogP contribution in [-0.2, 0) is 17.6 Å². The van der Waals surface area contributed by atoms with Gasteiger partial charge in [-0.2, -0.15) is 0 Å². The zero-order valence-corrected chi connectivity index (χ0v) is 18.3. The van der Waals surface area contributed by atoms with Gasteiger partial charge in [0.25, 0.3) is 0 Å². The van der Waals surface area contributed by atoms with Crippen molar-refractivity contribution in [3.8, 4) is 17.1 Å². The normalized spacial score (nSPS) is 10.7. The molecule has 3 rings (SSSR count). The lowest BCUT2D eigenvalue weighted by atomic mass is 10.1. The molecule has 0 spiro atoms. The van der Waals surface area contributed by atoms with Gasteiger partial charge in [-0.05, 0) is 74.4 Å². The van der Waals surface area contributed by atoms with Gasteiger partial charge in [-0.3, -0.25) is 4.79 Å². The van der Waals surface area contributed by atoms with Crippen molar-refractivity contribution >= 4 is 17.7 Å². The van der Waals surface area contributed by atoms with Crippen molar-refractivity contribution in [2.45, 2.75) is 37.5 Å². The summed E-state index contributed by atoms with van der Waals surface area (Å²) < 4.78 is 10.9. The molecule has 30 heavy (non-hydrogen) atoms. The Hall–Kier alpha value is -2.73. The number of carbonyl (C=O) groups excluding carboxylic acids is 1. The van der Waals surface area contributed by atoms with Crippen LogP contribution in [0.15, 0.2) is 64.0 Å². The van der Waals surface area contributed by atoms with Crippen LogP contribution < -0.4 is 10.1 Å². The molecule has 0 aliphatic carbocycles. The van der Waals surface area contributed by atoms with Gasteiger partial charge in [0.2, 0.25) is 5.91 Å². The van der Waals surface area contributed by atoms with Gasteiger partial charge in [0.05, 0.1) is 12.3 Å². The number of ether oxygens (including phenoxy) is 1. The minimum Gasteiger partial charge on any atom is -0.494 e. The van der Waals surface area contributed by atoms with Gasteiger partial charge < -0.3 is 14.6 Å². The highest BCUT2D eigenvalue weighted by Gasteiger charge is 2.08. The quantitative estimate of drug-likeness (QED) is 0.432. The first kappa shape index (κ1) is 22.0. The molecule has 1 aromatic heterocycles. The lowest BCUT2D eigenvalue weighted by Crippen LogP contribution is -2.25. The minimum atomic E-state index is 0.0750. The number of aryl methyl sites for hydroxylation is 1. The molecule has 0 unspecified atom stereocenters. The SMILES string of the molecule is CCOc1ccc(-c2cc(CCCC(=O)NCCc3ccc(SC)cc3)no2)cc1. The predicted molar refractivity (Wildman–Crippen MR) is 121 cm³/mol.